The lowest BCUT2D eigenvalue weighted by Crippen LogP contribution is -2.29. The quantitative estimate of drug-likeness (QED) is 0.474. The van der Waals surface area contributed by atoms with E-state index in [0.29, 0.717) is 22.5 Å². The Hall–Kier alpha value is -3.51. The van der Waals surface area contributed by atoms with Gasteiger partial charge in [-0.25, -0.2) is 26.3 Å². The van der Waals surface area contributed by atoms with Gasteiger partial charge < -0.3 is 4.52 Å². The van der Waals surface area contributed by atoms with Gasteiger partial charge in [0, 0.05) is 18.4 Å². The zero-order valence-electron chi connectivity index (χ0n) is 18.7. The molecule has 12 heteroatoms. The molecular formula is C22H23N3O7S2. The van der Waals surface area contributed by atoms with Gasteiger partial charge in [-0.2, -0.15) is 0 Å². The van der Waals surface area contributed by atoms with Crippen molar-refractivity contribution < 1.29 is 30.9 Å². The number of rotatable bonds is 8. The number of aryl methyl sites for hydroxylation is 1. The fraction of sp³-hybridized carbons (Fsp3) is 0.227. The molecule has 2 amide bonds. The molecule has 3 aromatic rings. The van der Waals surface area contributed by atoms with Gasteiger partial charge in [-0.15, -0.1) is 0 Å². The Labute approximate surface area is 197 Å². The van der Waals surface area contributed by atoms with Gasteiger partial charge in [-0.1, -0.05) is 43.3 Å². The lowest BCUT2D eigenvalue weighted by molar-refractivity contribution is -0.119. The fourth-order valence-electron chi connectivity index (χ4n) is 3.10. The maximum absolute atomic E-state index is 12.6. The minimum atomic E-state index is -4.09. The van der Waals surface area contributed by atoms with Crippen molar-refractivity contribution in [3.63, 3.8) is 0 Å². The van der Waals surface area contributed by atoms with Crippen LogP contribution in [0.4, 0.5) is 0 Å². The highest BCUT2D eigenvalue weighted by Gasteiger charge is 2.23. The van der Waals surface area contributed by atoms with E-state index in [1.165, 1.54) is 50.2 Å². The number of hydrogen-bond donors (Lipinski definition) is 2. The second-order valence-corrected chi connectivity index (χ2v) is 10.6. The van der Waals surface area contributed by atoms with Gasteiger partial charge >= 0.3 is 0 Å². The molecule has 3 rings (SSSR count). The summed E-state index contributed by atoms with van der Waals surface area (Å²) in [6.45, 7) is 4.71. The summed E-state index contributed by atoms with van der Waals surface area (Å²) in [5.41, 5.74) is 1.55. The summed E-state index contributed by atoms with van der Waals surface area (Å²) in [4.78, 5) is 23.0. The molecule has 0 aliphatic heterocycles. The fourth-order valence-corrected chi connectivity index (χ4v) is 5.30. The van der Waals surface area contributed by atoms with E-state index in [9.17, 15) is 26.4 Å². The molecule has 1 heterocycles. The lowest BCUT2D eigenvalue weighted by Gasteiger charge is -2.10. The molecular weight excluding hydrogens is 482 g/mol. The van der Waals surface area contributed by atoms with Crippen LogP contribution >= 0.6 is 0 Å². The smallest absolute Gasteiger partial charge is 0.264 e. The highest BCUT2D eigenvalue weighted by molar-refractivity contribution is 7.90. The van der Waals surface area contributed by atoms with Crippen molar-refractivity contribution in [2.24, 2.45) is 0 Å². The van der Waals surface area contributed by atoms with E-state index in [2.05, 4.69) is 5.16 Å². The number of nitrogens with one attached hydrogen (secondary N) is 2. The molecule has 0 radical (unpaired) electrons. The van der Waals surface area contributed by atoms with E-state index in [1.54, 1.807) is 19.1 Å². The van der Waals surface area contributed by atoms with Crippen molar-refractivity contribution in [1.82, 2.24) is 14.6 Å². The molecule has 0 saturated heterocycles. The minimum Gasteiger partial charge on any atom is -0.360 e. The number of nitrogens with zero attached hydrogens (tertiary/aromatic N) is 1. The predicted molar refractivity (Wildman–Crippen MR) is 123 cm³/mol. The molecule has 0 unspecified atom stereocenters. The summed E-state index contributed by atoms with van der Waals surface area (Å²) >= 11 is 0. The maximum atomic E-state index is 12.6. The van der Waals surface area contributed by atoms with Crippen LogP contribution in [0.2, 0.25) is 0 Å². The van der Waals surface area contributed by atoms with Gasteiger partial charge in [0.25, 0.3) is 20.0 Å². The third-order valence-corrected chi connectivity index (χ3v) is 7.59. The van der Waals surface area contributed by atoms with Crippen LogP contribution in [0.15, 0.2) is 62.8 Å². The van der Waals surface area contributed by atoms with Crippen molar-refractivity contribution in [3.05, 3.63) is 54.3 Å². The van der Waals surface area contributed by atoms with Crippen LogP contribution in [-0.2, 0) is 29.6 Å². The van der Waals surface area contributed by atoms with Crippen LogP contribution in [0.25, 0.3) is 22.4 Å². The normalized spacial score (nSPS) is 11.7. The molecule has 0 aliphatic carbocycles. The number of carbonyl (C=O) groups excluding carboxylic acids is 2. The van der Waals surface area contributed by atoms with Crippen LogP contribution in [0.5, 0.6) is 0 Å². The predicted octanol–water partition coefficient (Wildman–Crippen LogP) is 2.75. The third kappa shape index (κ3) is 5.34. The lowest BCUT2D eigenvalue weighted by atomic mass is 9.99. The Morgan fingerprint density at radius 2 is 1.29 bits per heavy atom. The second-order valence-electron chi connectivity index (χ2n) is 7.28. The maximum Gasteiger partial charge on any atom is 0.264 e. The molecule has 0 bridgehead atoms. The summed E-state index contributed by atoms with van der Waals surface area (Å²) in [6.07, 6.45) is 0.00922. The minimum absolute atomic E-state index is 0.00348. The number of carbonyl (C=O) groups is 2. The van der Waals surface area contributed by atoms with Gasteiger partial charge in [-0.3, -0.25) is 9.59 Å². The monoisotopic (exact) mass is 505 g/mol. The molecule has 0 spiro atoms. The van der Waals surface area contributed by atoms with E-state index in [4.69, 9.17) is 4.52 Å². The van der Waals surface area contributed by atoms with E-state index in [-0.39, 0.29) is 28.3 Å². The zero-order chi connectivity index (χ0) is 25.1. The molecule has 0 aliphatic rings. The van der Waals surface area contributed by atoms with Crippen LogP contribution in [0.3, 0.4) is 0 Å². The second kappa shape index (κ2) is 9.77. The largest absolute Gasteiger partial charge is 0.360 e. The Morgan fingerprint density at radius 3 is 1.79 bits per heavy atom. The summed E-state index contributed by atoms with van der Waals surface area (Å²) in [7, 11) is -8.18. The van der Waals surface area contributed by atoms with E-state index < -0.39 is 31.9 Å². The van der Waals surface area contributed by atoms with Gasteiger partial charge in [-0.05, 0) is 36.8 Å². The molecule has 2 N–H and O–H groups in total. The van der Waals surface area contributed by atoms with E-state index >= 15 is 0 Å². The summed E-state index contributed by atoms with van der Waals surface area (Å²) in [5.74, 6) is -0.910. The SMILES string of the molecule is CCC(=O)NS(=O)(=O)c1cccc(-c2noc(C)c2-c2cccc(S(=O)(=O)NC(=O)CC)c2)c1. The number of aromatic nitrogens is 1. The molecule has 1 aromatic heterocycles. The zero-order valence-corrected chi connectivity index (χ0v) is 20.3. The topological polar surface area (TPSA) is 153 Å². The summed E-state index contributed by atoms with van der Waals surface area (Å²) < 4.78 is 59.5. The van der Waals surface area contributed by atoms with Crippen LogP contribution in [-0.4, -0.2) is 33.8 Å². The Morgan fingerprint density at radius 1 is 0.824 bits per heavy atom. The number of benzene rings is 2. The number of amides is 2. The van der Waals surface area contributed by atoms with Crippen LogP contribution < -0.4 is 9.44 Å². The highest BCUT2D eigenvalue weighted by Crippen LogP contribution is 2.35. The number of sulfonamides is 2. The first-order chi connectivity index (χ1) is 16.0. The highest BCUT2D eigenvalue weighted by atomic mass is 32.2. The average molecular weight is 506 g/mol. The number of hydrogen-bond acceptors (Lipinski definition) is 8. The first-order valence-electron chi connectivity index (χ1n) is 10.3. The first kappa shape index (κ1) is 25.1. The molecule has 0 atom stereocenters. The summed E-state index contributed by atoms with van der Waals surface area (Å²) in [5, 5.41) is 4.04. The van der Waals surface area contributed by atoms with Gasteiger partial charge in [0.2, 0.25) is 11.8 Å². The Balaban J connectivity index is 2.07. The van der Waals surface area contributed by atoms with Crippen molar-refractivity contribution in [2.75, 3.05) is 0 Å². The van der Waals surface area contributed by atoms with Gasteiger partial charge in [0.1, 0.15) is 11.5 Å². The van der Waals surface area contributed by atoms with Crippen molar-refractivity contribution in [3.8, 4) is 22.4 Å². The molecule has 10 nitrogen and oxygen atoms in total. The first-order valence-corrected chi connectivity index (χ1v) is 13.2. The van der Waals surface area contributed by atoms with Gasteiger partial charge in [0.15, 0.2) is 0 Å². The van der Waals surface area contributed by atoms with Crippen LogP contribution in [0, 0.1) is 6.92 Å². The Bertz CT molecular complexity index is 1460. The Kier molecular flexibility index (Phi) is 7.22. The molecule has 180 valence electrons. The molecule has 34 heavy (non-hydrogen) atoms. The third-order valence-electron chi connectivity index (χ3n) is 4.85. The van der Waals surface area contributed by atoms with Crippen molar-refractivity contribution >= 4 is 31.9 Å². The molecule has 2 aromatic carbocycles. The van der Waals surface area contributed by atoms with E-state index in [1.807, 2.05) is 9.44 Å². The van der Waals surface area contributed by atoms with Crippen molar-refractivity contribution in [1.29, 1.82) is 0 Å². The van der Waals surface area contributed by atoms with E-state index in [0.717, 1.165) is 0 Å². The average Bonchev–Trinajstić information content (AvgIpc) is 3.20. The molecule has 0 fully saturated rings. The van der Waals surface area contributed by atoms with Gasteiger partial charge in [0.05, 0.1) is 15.4 Å². The van der Waals surface area contributed by atoms with Crippen LogP contribution in [0.1, 0.15) is 32.4 Å². The van der Waals surface area contributed by atoms with Crippen molar-refractivity contribution in [2.45, 2.75) is 43.4 Å². The summed E-state index contributed by atoms with van der Waals surface area (Å²) in [6, 6.07) is 11.7. The molecule has 0 saturated carbocycles. The standard InChI is InChI=1S/C22H23N3O7S2/c1-4-19(26)24-33(28,29)17-10-6-8-15(12-17)21-14(3)32-23-22(21)16-9-7-11-18(13-16)34(30,31)25-20(27)5-2/h6-13H,4-5H2,1-3H3,(H,24,26)(H,25,27).